The lowest BCUT2D eigenvalue weighted by Crippen LogP contribution is -2.40. The fourth-order valence-corrected chi connectivity index (χ4v) is 5.59. The number of carbonyl (C=O) groups excluding carboxylic acids is 1. The smallest absolute Gasteiger partial charge is 0.254 e. The lowest BCUT2D eigenvalue weighted by Gasteiger charge is -2.30. The molecule has 0 aliphatic carbocycles. The first kappa shape index (κ1) is 23.9. The Labute approximate surface area is 214 Å². The van der Waals surface area contributed by atoms with E-state index in [1.807, 2.05) is 17.0 Å². The lowest BCUT2D eigenvalue weighted by molar-refractivity contribution is 0.0303. The van der Waals surface area contributed by atoms with Crippen LogP contribution in [0, 0.1) is 5.82 Å². The standard InChI is InChI=1S/C28H30FN3O5/c29-20-3-1-4-21(17-20)32-6-2-5-24(32)22-15-19(28(34)31-9-13-36-14-10-31)16-23-25(33)18-26(37-27(22)23)30-7-11-35-12-8-30/h1,3-4,15-18,24H,2,5-14H2. The molecule has 1 atom stereocenters. The number of benzene rings is 2. The highest BCUT2D eigenvalue weighted by Crippen LogP contribution is 2.40. The van der Waals surface area contributed by atoms with Gasteiger partial charge >= 0.3 is 0 Å². The molecule has 2 aromatic carbocycles. The normalized spacial score (nSPS) is 20.6. The lowest BCUT2D eigenvalue weighted by atomic mass is 9.97. The zero-order valence-corrected chi connectivity index (χ0v) is 20.7. The first-order valence-corrected chi connectivity index (χ1v) is 12.9. The van der Waals surface area contributed by atoms with Gasteiger partial charge in [-0.3, -0.25) is 9.59 Å². The third kappa shape index (κ3) is 4.69. The van der Waals surface area contributed by atoms with Crippen molar-refractivity contribution in [3.63, 3.8) is 0 Å². The van der Waals surface area contributed by atoms with Gasteiger partial charge in [-0.05, 0) is 43.2 Å². The molecule has 37 heavy (non-hydrogen) atoms. The van der Waals surface area contributed by atoms with Crippen molar-refractivity contribution in [1.29, 1.82) is 0 Å². The molecule has 3 saturated heterocycles. The summed E-state index contributed by atoms with van der Waals surface area (Å²) in [4.78, 5) is 32.8. The van der Waals surface area contributed by atoms with Crippen LogP contribution < -0.4 is 15.2 Å². The Morgan fingerprint density at radius 2 is 1.68 bits per heavy atom. The van der Waals surface area contributed by atoms with E-state index in [9.17, 15) is 14.0 Å². The molecular weight excluding hydrogens is 477 g/mol. The van der Waals surface area contributed by atoms with Crippen LogP contribution in [0.5, 0.6) is 0 Å². The van der Waals surface area contributed by atoms with Crippen molar-refractivity contribution >= 4 is 28.4 Å². The number of rotatable bonds is 4. The fourth-order valence-electron chi connectivity index (χ4n) is 5.59. The van der Waals surface area contributed by atoms with E-state index < -0.39 is 0 Å². The van der Waals surface area contributed by atoms with E-state index >= 15 is 0 Å². The number of fused-ring (bicyclic) bond motifs is 1. The molecule has 3 aliphatic rings. The van der Waals surface area contributed by atoms with Gasteiger partial charge in [-0.1, -0.05) is 6.07 Å². The maximum absolute atomic E-state index is 14.1. The molecule has 0 bridgehead atoms. The predicted molar refractivity (Wildman–Crippen MR) is 138 cm³/mol. The van der Waals surface area contributed by atoms with Gasteiger partial charge in [0.1, 0.15) is 11.4 Å². The number of hydrogen-bond acceptors (Lipinski definition) is 7. The number of halogens is 1. The molecule has 1 aromatic heterocycles. The van der Waals surface area contributed by atoms with Gasteiger partial charge in [-0.15, -0.1) is 0 Å². The Morgan fingerprint density at radius 1 is 0.919 bits per heavy atom. The molecule has 3 fully saturated rings. The van der Waals surface area contributed by atoms with E-state index in [4.69, 9.17) is 13.9 Å². The molecule has 9 heteroatoms. The zero-order chi connectivity index (χ0) is 25.4. The molecule has 194 valence electrons. The monoisotopic (exact) mass is 507 g/mol. The Balaban J connectivity index is 1.49. The molecule has 0 saturated carbocycles. The SMILES string of the molecule is O=C(c1cc(C2CCCN2c2cccc(F)c2)c2oc(N3CCOCC3)cc(=O)c2c1)N1CCOCC1. The van der Waals surface area contributed by atoms with Crippen molar-refractivity contribution in [2.45, 2.75) is 18.9 Å². The summed E-state index contributed by atoms with van der Waals surface area (Å²) in [6.07, 6.45) is 1.70. The van der Waals surface area contributed by atoms with Crippen molar-refractivity contribution in [2.24, 2.45) is 0 Å². The fraction of sp³-hybridized carbons (Fsp3) is 0.429. The first-order chi connectivity index (χ1) is 18.1. The van der Waals surface area contributed by atoms with Crippen molar-refractivity contribution in [3.8, 4) is 0 Å². The highest BCUT2D eigenvalue weighted by molar-refractivity contribution is 5.99. The quantitative estimate of drug-likeness (QED) is 0.534. The number of carbonyl (C=O) groups is 1. The van der Waals surface area contributed by atoms with E-state index in [2.05, 4.69) is 4.90 Å². The van der Waals surface area contributed by atoms with Gasteiger partial charge in [-0.2, -0.15) is 0 Å². The van der Waals surface area contributed by atoms with Gasteiger partial charge in [-0.25, -0.2) is 4.39 Å². The number of anilines is 2. The van der Waals surface area contributed by atoms with E-state index in [1.54, 1.807) is 17.0 Å². The second-order valence-electron chi connectivity index (χ2n) is 9.73. The molecule has 0 spiro atoms. The van der Waals surface area contributed by atoms with Gasteiger partial charge in [0.25, 0.3) is 5.91 Å². The minimum atomic E-state index is -0.301. The summed E-state index contributed by atoms with van der Waals surface area (Å²) in [5.41, 5.74) is 2.31. The Bertz CT molecular complexity index is 1360. The van der Waals surface area contributed by atoms with Crippen LogP contribution in [0.25, 0.3) is 11.0 Å². The van der Waals surface area contributed by atoms with Crippen molar-refractivity contribution in [3.05, 3.63) is 69.6 Å². The van der Waals surface area contributed by atoms with Crippen LogP contribution in [0.1, 0.15) is 34.8 Å². The summed E-state index contributed by atoms with van der Waals surface area (Å²) < 4.78 is 31.4. The van der Waals surface area contributed by atoms with Crippen LogP contribution in [0.3, 0.4) is 0 Å². The minimum Gasteiger partial charge on any atom is -0.440 e. The number of nitrogens with zero attached hydrogens (tertiary/aromatic N) is 3. The summed E-state index contributed by atoms with van der Waals surface area (Å²) in [6.45, 7) is 5.15. The molecular formula is C28H30FN3O5. The number of ether oxygens (including phenoxy) is 2. The van der Waals surface area contributed by atoms with Crippen LogP contribution in [-0.4, -0.2) is 70.0 Å². The van der Waals surface area contributed by atoms with Gasteiger partial charge in [0.2, 0.25) is 0 Å². The molecule has 1 amide bonds. The van der Waals surface area contributed by atoms with Crippen molar-refractivity contribution < 1.29 is 23.1 Å². The Kier molecular flexibility index (Phi) is 6.56. The largest absolute Gasteiger partial charge is 0.440 e. The van der Waals surface area contributed by atoms with E-state index in [1.165, 1.54) is 18.2 Å². The molecule has 6 rings (SSSR count). The van der Waals surface area contributed by atoms with Crippen LogP contribution >= 0.6 is 0 Å². The third-order valence-corrected chi connectivity index (χ3v) is 7.46. The summed E-state index contributed by atoms with van der Waals surface area (Å²) in [5.74, 6) is 0.0772. The molecule has 8 nitrogen and oxygen atoms in total. The molecule has 0 radical (unpaired) electrons. The molecule has 0 N–H and O–H groups in total. The van der Waals surface area contributed by atoms with Crippen LogP contribution in [-0.2, 0) is 9.47 Å². The summed E-state index contributed by atoms with van der Waals surface area (Å²) >= 11 is 0. The molecule has 3 aliphatic heterocycles. The van der Waals surface area contributed by atoms with Gasteiger partial charge in [0.05, 0.1) is 37.9 Å². The van der Waals surface area contributed by atoms with E-state index in [0.29, 0.717) is 75.0 Å². The predicted octanol–water partition coefficient (Wildman–Crippen LogP) is 3.58. The average Bonchev–Trinajstić information content (AvgIpc) is 3.43. The highest BCUT2D eigenvalue weighted by atomic mass is 19.1. The third-order valence-electron chi connectivity index (χ3n) is 7.46. The van der Waals surface area contributed by atoms with Gasteiger partial charge in [0, 0.05) is 55.6 Å². The number of hydrogen-bond donors (Lipinski definition) is 0. The second kappa shape index (κ2) is 10.1. The van der Waals surface area contributed by atoms with E-state index in [-0.39, 0.29) is 23.2 Å². The Hall–Kier alpha value is -3.43. The topological polar surface area (TPSA) is 75.5 Å². The number of morpholine rings is 2. The average molecular weight is 508 g/mol. The second-order valence-corrected chi connectivity index (χ2v) is 9.73. The van der Waals surface area contributed by atoms with Crippen molar-refractivity contribution in [2.75, 3.05) is 69.0 Å². The molecule has 3 aromatic rings. The van der Waals surface area contributed by atoms with E-state index in [0.717, 1.165) is 30.6 Å². The minimum absolute atomic E-state index is 0.126. The van der Waals surface area contributed by atoms with Crippen LogP contribution in [0.15, 0.2) is 51.7 Å². The molecule has 1 unspecified atom stereocenters. The number of amides is 1. The van der Waals surface area contributed by atoms with Gasteiger partial charge in [0.15, 0.2) is 11.3 Å². The Morgan fingerprint density at radius 3 is 2.43 bits per heavy atom. The summed E-state index contributed by atoms with van der Waals surface area (Å²) in [6, 6.07) is 11.4. The zero-order valence-electron chi connectivity index (χ0n) is 20.7. The maximum Gasteiger partial charge on any atom is 0.254 e. The summed E-state index contributed by atoms with van der Waals surface area (Å²) in [7, 11) is 0. The van der Waals surface area contributed by atoms with Crippen LogP contribution in [0.4, 0.5) is 16.0 Å². The summed E-state index contributed by atoms with van der Waals surface area (Å²) in [5, 5.41) is 0.386. The first-order valence-electron chi connectivity index (χ1n) is 12.9. The maximum atomic E-state index is 14.1. The van der Waals surface area contributed by atoms with Gasteiger partial charge < -0.3 is 28.6 Å². The van der Waals surface area contributed by atoms with Crippen LogP contribution in [0.2, 0.25) is 0 Å². The highest BCUT2D eigenvalue weighted by Gasteiger charge is 2.31. The van der Waals surface area contributed by atoms with Crippen molar-refractivity contribution in [1.82, 2.24) is 4.90 Å². The molecule has 4 heterocycles.